The van der Waals surface area contributed by atoms with Gasteiger partial charge in [0.25, 0.3) is 0 Å². The van der Waals surface area contributed by atoms with E-state index in [4.69, 9.17) is 4.74 Å². The minimum atomic E-state index is -0.290. The number of esters is 1. The fourth-order valence-corrected chi connectivity index (χ4v) is 2.41. The van der Waals surface area contributed by atoms with Gasteiger partial charge in [0.05, 0.1) is 18.4 Å². The topological polar surface area (TPSA) is 29.5 Å². The van der Waals surface area contributed by atoms with E-state index in [9.17, 15) is 4.79 Å². The first kappa shape index (κ1) is 12.3. The number of hydrogen-bond donors (Lipinski definition) is 1. The Balaban J connectivity index is 2.34. The maximum atomic E-state index is 11.7. The number of carbonyl (C=O) groups is 1. The molecular weight excluding hydrogens is 234 g/mol. The number of methoxy groups -OCH3 is 1. The third-order valence-electron chi connectivity index (χ3n) is 3.08. The second-order valence-corrected chi connectivity index (χ2v) is 4.76. The molecule has 0 spiro atoms. The summed E-state index contributed by atoms with van der Waals surface area (Å²) in [7, 11) is 1.41. The zero-order valence-corrected chi connectivity index (χ0v) is 10.9. The number of ether oxygens (including phenoxy) is 1. The number of piperidine rings is 1. The summed E-state index contributed by atoms with van der Waals surface area (Å²) in [5.74, 6) is -0.290. The summed E-state index contributed by atoms with van der Waals surface area (Å²) in [4.78, 5) is 14.8. The van der Waals surface area contributed by atoms with Crippen LogP contribution in [0.25, 0.3) is 0 Å². The Morgan fingerprint density at radius 3 is 2.65 bits per heavy atom. The van der Waals surface area contributed by atoms with E-state index in [1.807, 2.05) is 12.1 Å². The molecule has 1 aromatic carbocycles. The van der Waals surface area contributed by atoms with Gasteiger partial charge in [0.2, 0.25) is 0 Å². The molecule has 4 heteroatoms. The molecule has 1 heterocycles. The van der Waals surface area contributed by atoms with Gasteiger partial charge in [0.15, 0.2) is 0 Å². The zero-order valence-electron chi connectivity index (χ0n) is 9.98. The van der Waals surface area contributed by atoms with E-state index in [2.05, 4.69) is 17.5 Å². The lowest BCUT2D eigenvalue weighted by Gasteiger charge is -2.30. The van der Waals surface area contributed by atoms with Crippen molar-refractivity contribution in [3.63, 3.8) is 0 Å². The minimum Gasteiger partial charge on any atom is -0.465 e. The summed E-state index contributed by atoms with van der Waals surface area (Å²) in [6, 6.07) is 5.65. The summed E-state index contributed by atoms with van der Waals surface area (Å²) in [6.07, 6.45) is 3.64. The van der Waals surface area contributed by atoms with Crippen LogP contribution in [0, 0.1) is 0 Å². The van der Waals surface area contributed by atoms with Gasteiger partial charge in [0, 0.05) is 18.0 Å². The van der Waals surface area contributed by atoms with E-state index in [0.29, 0.717) is 5.56 Å². The van der Waals surface area contributed by atoms with E-state index in [-0.39, 0.29) is 5.97 Å². The highest BCUT2D eigenvalue weighted by atomic mass is 32.1. The first-order chi connectivity index (χ1) is 8.22. The number of benzene rings is 1. The lowest BCUT2D eigenvalue weighted by Crippen LogP contribution is -2.30. The molecule has 0 unspecified atom stereocenters. The number of hydrogen-bond acceptors (Lipinski definition) is 4. The normalized spacial score (nSPS) is 15.8. The van der Waals surface area contributed by atoms with Crippen LogP contribution in [0.3, 0.4) is 0 Å². The molecule has 0 aromatic heterocycles. The van der Waals surface area contributed by atoms with Gasteiger partial charge in [-0.1, -0.05) is 0 Å². The minimum absolute atomic E-state index is 0.290. The Kier molecular flexibility index (Phi) is 3.94. The van der Waals surface area contributed by atoms with Crippen LogP contribution in [0.1, 0.15) is 29.6 Å². The third-order valence-corrected chi connectivity index (χ3v) is 3.36. The van der Waals surface area contributed by atoms with Crippen molar-refractivity contribution in [3.8, 4) is 0 Å². The fourth-order valence-electron chi connectivity index (χ4n) is 2.21. The van der Waals surface area contributed by atoms with Crippen molar-refractivity contribution in [2.45, 2.75) is 24.2 Å². The molecule has 1 aromatic rings. The van der Waals surface area contributed by atoms with Crippen LogP contribution in [0.5, 0.6) is 0 Å². The van der Waals surface area contributed by atoms with Gasteiger partial charge in [-0.3, -0.25) is 0 Å². The number of anilines is 1. The summed E-state index contributed by atoms with van der Waals surface area (Å²) in [6.45, 7) is 2.02. The highest BCUT2D eigenvalue weighted by Gasteiger charge is 2.18. The first-order valence-electron chi connectivity index (χ1n) is 5.88. The molecule has 0 radical (unpaired) electrons. The lowest BCUT2D eigenvalue weighted by atomic mass is 10.1. The molecule has 0 amide bonds. The van der Waals surface area contributed by atoms with E-state index < -0.39 is 0 Å². The molecular formula is C13H17NO2S. The molecule has 0 N–H and O–H groups in total. The summed E-state index contributed by atoms with van der Waals surface area (Å²) >= 11 is 4.27. The number of carbonyl (C=O) groups excluding carboxylic acids is 1. The highest BCUT2D eigenvalue weighted by Crippen LogP contribution is 2.27. The predicted molar refractivity (Wildman–Crippen MR) is 71.1 cm³/mol. The molecule has 0 saturated carbocycles. The maximum absolute atomic E-state index is 11.7. The van der Waals surface area contributed by atoms with Crippen molar-refractivity contribution in [2.24, 2.45) is 0 Å². The van der Waals surface area contributed by atoms with E-state index in [1.54, 1.807) is 6.07 Å². The van der Waals surface area contributed by atoms with Crippen molar-refractivity contribution in [1.82, 2.24) is 0 Å². The number of thiol groups is 1. The van der Waals surface area contributed by atoms with Gasteiger partial charge in [-0.15, -0.1) is 12.6 Å². The standard InChI is InChI=1S/C13H17NO2S/c1-16-13(15)11-9-10(17)5-6-12(11)14-7-3-2-4-8-14/h5-6,9,17H,2-4,7-8H2,1H3. The molecule has 0 atom stereocenters. The summed E-state index contributed by atoms with van der Waals surface area (Å²) in [5.41, 5.74) is 1.58. The van der Waals surface area contributed by atoms with Crippen LogP contribution in [0.2, 0.25) is 0 Å². The van der Waals surface area contributed by atoms with Crippen LogP contribution in [0.15, 0.2) is 23.1 Å². The van der Waals surface area contributed by atoms with Gasteiger partial charge in [0.1, 0.15) is 0 Å². The SMILES string of the molecule is COC(=O)c1cc(S)ccc1N1CCCCC1. The molecule has 1 saturated heterocycles. The van der Waals surface area contributed by atoms with Gasteiger partial charge in [-0.2, -0.15) is 0 Å². The Morgan fingerprint density at radius 2 is 2.00 bits per heavy atom. The fraction of sp³-hybridized carbons (Fsp3) is 0.462. The molecule has 92 valence electrons. The second-order valence-electron chi connectivity index (χ2n) is 4.24. The van der Waals surface area contributed by atoms with Crippen molar-refractivity contribution < 1.29 is 9.53 Å². The Bertz CT molecular complexity index is 414. The summed E-state index contributed by atoms with van der Waals surface area (Å²) < 4.78 is 4.82. The Labute approximate surface area is 107 Å². The van der Waals surface area contributed by atoms with Crippen LogP contribution < -0.4 is 4.90 Å². The molecule has 1 fully saturated rings. The van der Waals surface area contributed by atoms with Crippen LogP contribution in [-0.2, 0) is 4.74 Å². The number of nitrogens with zero attached hydrogens (tertiary/aromatic N) is 1. The van der Waals surface area contributed by atoms with Gasteiger partial charge < -0.3 is 9.64 Å². The van der Waals surface area contributed by atoms with Gasteiger partial charge in [-0.05, 0) is 37.5 Å². The predicted octanol–water partition coefficient (Wildman–Crippen LogP) is 2.75. The molecule has 17 heavy (non-hydrogen) atoms. The van der Waals surface area contributed by atoms with Crippen molar-refractivity contribution in [3.05, 3.63) is 23.8 Å². The first-order valence-corrected chi connectivity index (χ1v) is 6.33. The molecule has 2 rings (SSSR count). The average Bonchev–Trinajstić information content (AvgIpc) is 2.38. The van der Waals surface area contributed by atoms with Gasteiger partial charge >= 0.3 is 5.97 Å². The third kappa shape index (κ3) is 2.75. The molecule has 3 nitrogen and oxygen atoms in total. The second kappa shape index (κ2) is 5.45. The molecule has 1 aliphatic heterocycles. The van der Waals surface area contributed by atoms with Crippen LogP contribution >= 0.6 is 12.6 Å². The van der Waals surface area contributed by atoms with Crippen molar-refractivity contribution >= 4 is 24.3 Å². The van der Waals surface area contributed by atoms with Crippen molar-refractivity contribution in [2.75, 3.05) is 25.1 Å². The smallest absolute Gasteiger partial charge is 0.340 e. The highest BCUT2D eigenvalue weighted by molar-refractivity contribution is 7.80. The summed E-state index contributed by atoms with van der Waals surface area (Å²) in [5, 5.41) is 0. The van der Waals surface area contributed by atoms with Crippen LogP contribution in [0.4, 0.5) is 5.69 Å². The lowest BCUT2D eigenvalue weighted by molar-refractivity contribution is 0.0601. The maximum Gasteiger partial charge on any atom is 0.340 e. The monoisotopic (exact) mass is 251 g/mol. The van der Waals surface area contributed by atoms with Gasteiger partial charge in [-0.25, -0.2) is 4.79 Å². The largest absolute Gasteiger partial charge is 0.465 e. The van der Waals surface area contributed by atoms with E-state index in [1.165, 1.54) is 26.4 Å². The molecule has 0 aliphatic carbocycles. The molecule has 0 bridgehead atoms. The quantitative estimate of drug-likeness (QED) is 0.647. The molecule has 1 aliphatic rings. The van der Waals surface area contributed by atoms with Crippen LogP contribution in [-0.4, -0.2) is 26.2 Å². The average molecular weight is 251 g/mol. The van der Waals surface area contributed by atoms with E-state index >= 15 is 0 Å². The number of rotatable bonds is 2. The Morgan fingerprint density at radius 1 is 1.29 bits per heavy atom. The van der Waals surface area contributed by atoms with Crippen molar-refractivity contribution in [1.29, 1.82) is 0 Å². The Hall–Kier alpha value is -1.16. The zero-order chi connectivity index (χ0) is 12.3. The van der Waals surface area contributed by atoms with E-state index in [0.717, 1.165) is 23.7 Å².